The summed E-state index contributed by atoms with van der Waals surface area (Å²) in [5.74, 6) is -4.13. The summed E-state index contributed by atoms with van der Waals surface area (Å²) in [5.41, 5.74) is 0. The van der Waals surface area contributed by atoms with Gasteiger partial charge < -0.3 is 10.4 Å². The Labute approximate surface area is 102 Å². The van der Waals surface area contributed by atoms with Crippen LogP contribution in [0.1, 0.15) is 19.3 Å². The quantitative estimate of drug-likeness (QED) is 0.804. The Morgan fingerprint density at radius 1 is 1.53 bits per heavy atom. The first-order chi connectivity index (χ1) is 7.86. The molecule has 0 aromatic rings. The van der Waals surface area contributed by atoms with Gasteiger partial charge in [-0.2, -0.15) is 24.9 Å². The van der Waals surface area contributed by atoms with Crippen LogP contribution >= 0.6 is 11.8 Å². The number of alkyl halides is 3. The summed E-state index contributed by atoms with van der Waals surface area (Å²) in [5, 5.41) is 11.6. The summed E-state index contributed by atoms with van der Waals surface area (Å²) < 4.78 is 37.2. The monoisotopic (exact) mass is 271 g/mol. The van der Waals surface area contributed by atoms with Gasteiger partial charge in [0.2, 0.25) is 0 Å². The van der Waals surface area contributed by atoms with Gasteiger partial charge in [0.1, 0.15) is 0 Å². The maximum Gasteiger partial charge on any atom is 0.403 e. The maximum absolute atomic E-state index is 12.4. The molecule has 0 bridgehead atoms. The fourth-order valence-corrected chi connectivity index (χ4v) is 3.02. The minimum atomic E-state index is -4.69. The molecule has 3 unspecified atom stereocenters. The van der Waals surface area contributed by atoms with Gasteiger partial charge in [-0.1, -0.05) is 6.42 Å². The molecule has 1 aliphatic rings. The van der Waals surface area contributed by atoms with E-state index in [4.69, 9.17) is 5.11 Å². The van der Waals surface area contributed by atoms with Crippen LogP contribution in [0, 0.1) is 5.92 Å². The van der Waals surface area contributed by atoms with Crippen LogP contribution in [0.25, 0.3) is 0 Å². The van der Waals surface area contributed by atoms with Gasteiger partial charge >= 0.3 is 12.1 Å². The number of carboxylic acids is 1. The molecule has 1 aliphatic carbocycles. The number of aliphatic carboxylic acids is 1. The van der Waals surface area contributed by atoms with E-state index in [1.807, 2.05) is 6.26 Å². The van der Waals surface area contributed by atoms with Gasteiger partial charge in [0, 0.05) is 17.8 Å². The zero-order valence-corrected chi connectivity index (χ0v) is 10.3. The van der Waals surface area contributed by atoms with Crippen molar-refractivity contribution in [2.24, 2.45) is 5.92 Å². The molecule has 2 N–H and O–H groups in total. The summed E-state index contributed by atoms with van der Waals surface area (Å²) in [7, 11) is 0. The molecule has 7 heteroatoms. The molecule has 1 rings (SSSR count). The number of rotatable bonds is 5. The number of hydrogen-bond donors (Lipinski definition) is 2. The molecule has 0 aromatic heterocycles. The zero-order valence-electron chi connectivity index (χ0n) is 9.46. The number of thioether (sulfide) groups is 1. The normalized spacial score (nSPS) is 27.1. The van der Waals surface area contributed by atoms with Crippen molar-refractivity contribution in [1.82, 2.24) is 5.32 Å². The van der Waals surface area contributed by atoms with Gasteiger partial charge in [-0.3, -0.25) is 4.79 Å². The van der Waals surface area contributed by atoms with Crippen LogP contribution in [0.2, 0.25) is 0 Å². The van der Waals surface area contributed by atoms with Crippen LogP contribution in [0.4, 0.5) is 13.2 Å². The van der Waals surface area contributed by atoms with Crippen LogP contribution in [0.3, 0.4) is 0 Å². The van der Waals surface area contributed by atoms with Crippen LogP contribution in [0.5, 0.6) is 0 Å². The highest BCUT2D eigenvalue weighted by atomic mass is 32.2. The van der Waals surface area contributed by atoms with E-state index >= 15 is 0 Å². The molecular formula is C10H16F3NO2S. The summed E-state index contributed by atoms with van der Waals surface area (Å²) >= 11 is 1.62. The van der Waals surface area contributed by atoms with E-state index in [2.05, 4.69) is 5.32 Å². The first-order valence-electron chi connectivity index (χ1n) is 5.42. The Kier molecular flexibility index (Phi) is 5.12. The Hall–Kier alpha value is -0.430. The van der Waals surface area contributed by atoms with Gasteiger partial charge in [-0.05, 0) is 19.1 Å². The van der Waals surface area contributed by atoms with Gasteiger partial charge in [-0.25, -0.2) is 0 Å². The molecular weight excluding hydrogens is 255 g/mol. The topological polar surface area (TPSA) is 49.3 Å². The second-order valence-electron chi connectivity index (χ2n) is 4.15. The first kappa shape index (κ1) is 14.6. The molecule has 0 spiro atoms. The fraction of sp³-hybridized carbons (Fsp3) is 0.900. The first-order valence-corrected chi connectivity index (χ1v) is 6.70. The molecule has 0 aliphatic heterocycles. The largest absolute Gasteiger partial charge is 0.481 e. The third kappa shape index (κ3) is 4.06. The van der Waals surface area contributed by atoms with E-state index in [1.165, 1.54) is 0 Å². The highest BCUT2D eigenvalue weighted by Gasteiger charge is 2.45. The Balaban J connectivity index is 2.50. The highest BCUT2D eigenvalue weighted by molar-refractivity contribution is 7.99. The number of carboxylic acid groups (broad SMARTS) is 1. The third-order valence-electron chi connectivity index (χ3n) is 3.03. The lowest BCUT2D eigenvalue weighted by molar-refractivity contribution is -0.192. The maximum atomic E-state index is 12.4. The number of carbonyl (C=O) groups is 1. The van der Waals surface area contributed by atoms with E-state index in [0.29, 0.717) is 0 Å². The molecule has 0 radical (unpaired) electrons. The molecule has 17 heavy (non-hydrogen) atoms. The fourth-order valence-electron chi connectivity index (χ4n) is 2.05. The van der Waals surface area contributed by atoms with E-state index in [-0.39, 0.29) is 11.3 Å². The van der Waals surface area contributed by atoms with Gasteiger partial charge in [0.25, 0.3) is 0 Å². The average molecular weight is 271 g/mol. The van der Waals surface area contributed by atoms with Crippen molar-refractivity contribution in [3.63, 3.8) is 0 Å². The van der Waals surface area contributed by atoms with Crippen LogP contribution in [0.15, 0.2) is 0 Å². The molecule has 3 nitrogen and oxygen atoms in total. The van der Waals surface area contributed by atoms with Gasteiger partial charge in [0.05, 0.1) is 0 Å². The summed E-state index contributed by atoms with van der Waals surface area (Å²) in [4.78, 5) is 10.5. The Morgan fingerprint density at radius 2 is 2.18 bits per heavy atom. The van der Waals surface area contributed by atoms with Crippen molar-refractivity contribution in [2.45, 2.75) is 36.7 Å². The number of halogens is 3. The van der Waals surface area contributed by atoms with Crippen molar-refractivity contribution in [3.8, 4) is 0 Å². The number of hydrogen-bond acceptors (Lipinski definition) is 3. The van der Waals surface area contributed by atoms with Gasteiger partial charge in [-0.15, -0.1) is 0 Å². The predicted molar refractivity (Wildman–Crippen MR) is 60.1 cm³/mol. The Morgan fingerprint density at radius 3 is 2.65 bits per heavy atom. The van der Waals surface area contributed by atoms with Crippen LogP contribution < -0.4 is 5.32 Å². The zero-order chi connectivity index (χ0) is 13.1. The van der Waals surface area contributed by atoms with Crippen molar-refractivity contribution in [3.05, 3.63) is 0 Å². The second-order valence-corrected chi connectivity index (χ2v) is 5.23. The molecule has 3 atom stereocenters. The Bertz CT molecular complexity index is 273. The molecule has 1 saturated carbocycles. The predicted octanol–water partition coefficient (Wildman–Crippen LogP) is 2.12. The van der Waals surface area contributed by atoms with Crippen molar-refractivity contribution < 1.29 is 23.1 Å². The molecule has 0 saturated heterocycles. The molecule has 0 amide bonds. The van der Waals surface area contributed by atoms with E-state index < -0.39 is 24.6 Å². The van der Waals surface area contributed by atoms with E-state index in [1.54, 1.807) is 11.8 Å². The lowest BCUT2D eigenvalue weighted by Gasteiger charge is -2.22. The van der Waals surface area contributed by atoms with Gasteiger partial charge in [0.15, 0.2) is 5.92 Å². The SMILES string of the molecule is CSC1CCCC1NCC(C(=O)O)C(F)(F)F. The minimum absolute atomic E-state index is 0.00537. The standard InChI is InChI=1S/C10H16F3NO2S/c1-17-8-4-2-3-7(8)14-5-6(9(15)16)10(11,12)13/h6-8,14H,2-5H2,1H3,(H,15,16). The van der Waals surface area contributed by atoms with Crippen molar-refractivity contribution in [1.29, 1.82) is 0 Å². The van der Waals surface area contributed by atoms with Crippen LogP contribution in [-0.2, 0) is 4.79 Å². The van der Waals surface area contributed by atoms with Crippen molar-refractivity contribution in [2.75, 3.05) is 12.8 Å². The molecule has 100 valence electrons. The molecule has 0 heterocycles. The molecule has 0 aromatic carbocycles. The van der Waals surface area contributed by atoms with Crippen molar-refractivity contribution >= 4 is 17.7 Å². The third-order valence-corrected chi connectivity index (χ3v) is 4.20. The summed E-state index contributed by atoms with van der Waals surface area (Å²) in [6.45, 7) is -0.541. The van der Waals surface area contributed by atoms with Crippen LogP contribution in [-0.4, -0.2) is 41.3 Å². The average Bonchev–Trinajstić information content (AvgIpc) is 2.62. The summed E-state index contributed by atoms with van der Waals surface area (Å²) in [6, 6.07) is -0.00537. The minimum Gasteiger partial charge on any atom is -0.481 e. The van der Waals surface area contributed by atoms with E-state index in [9.17, 15) is 18.0 Å². The van der Waals surface area contributed by atoms with E-state index in [0.717, 1.165) is 19.3 Å². The molecule has 1 fully saturated rings. The lowest BCUT2D eigenvalue weighted by atomic mass is 10.1. The summed E-state index contributed by atoms with van der Waals surface area (Å²) in [6.07, 6.45) is 0.000612. The second kappa shape index (κ2) is 5.95. The number of nitrogens with one attached hydrogen (secondary N) is 1. The highest BCUT2D eigenvalue weighted by Crippen LogP contribution is 2.30. The lowest BCUT2D eigenvalue weighted by Crippen LogP contribution is -2.44. The smallest absolute Gasteiger partial charge is 0.403 e.